The first-order valence-electron chi connectivity index (χ1n) is 10.5. The molecule has 156 valence electrons. The van der Waals surface area contributed by atoms with Gasteiger partial charge in [-0.15, -0.1) is 0 Å². The zero-order chi connectivity index (χ0) is 20.6. The van der Waals surface area contributed by atoms with E-state index in [1.54, 1.807) is 0 Å². The van der Waals surface area contributed by atoms with E-state index in [4.69, 9.17) is 9.47 Å². The predicted octanol–water partition coefficient (Wildman–Crippen LogP) is 3.61. The molecule has 1 heterocycles. The number of aryl methyl sites for hydroxylation is 1. The summed E-state index contributed by atoms with van der Waals surface area (Å²) in [7, 11) is 0. The summed E-state index contributed by atoms with van der Waals surface area (Å²) in [5.74, 6) is 0.699. The van der Waals surface area contributed by atoms with Crippen molar-refractivity contribution >= 4 is 5.91 Å². The molecule has 5 heteroatoms. The molecule has 29 heavy (non-hydrogen) atoms. The van der Waals surface area contributed by atoms with Crippen LogP contribution in [-0.2, 0) is 22.6 Å². The van der Waals surface area contributed by atoms with Crippen molar-refractivity contribution in [3.8, 4) is 5.75 Å². The van der Waals surface area contributed by atoms with Crippen LogP contribution in [0.2, 0.25) is 0 Å². The lowest BCUT2D eigenvalue weighted by atomic mass is 10.1. The van der Waals surface area contributed by atoms with Gasteiger partial charge in [0.1, 0.15) is 5.75 Å². The monoisotopic (exact) mass is 396 g/mol. The van der Waals surface area contributed by atoms with Gasteiger partial charge in [-0.1, -0.05) is 43.3 Å². The molecular formula is C24H32N2O3. The topological polar surface area (TPSA) is 50.8 Å². The van der Waals surface area contributed by atoms with E-state index in [0.29, 0.717) is 13.0 Å². The van der Waals surface area contributed by atoms with E-state index in [0.717, 1.165) is 55.3 Å². The Hall–Kier alpha value is -2.37. The zero-order valence-corrected chi connectivity index (χ0v) is 17.7. The van der Waals surface area contributed by atoms with Crippen molar-refractivity contribution in [3.05, 3.63) is 64.7 Å². The van der Waals surface area contributed by atoms with Crippen molar-refractivity contribution < 1.29 is 14.3 Å². The fourth-order valence-corrected chi connectivity index (χ4v) is 3.41. The van der Waals surface area contributed by atoms with Crippen molar-refractivity contribution in [1.82, 2.24) is 10.2 Å². The Morgan fingerprint density at radius 2 is 1.79 bits per heavy atom. The fourth-order valence-electron chi connectivity index (χ4n) is 3.41. The number of nitrogens with zero attached hydrogens (tertiary/aromatic N) is 1. The standard InChI is InChI=1S/C24H32N2O3/c1-4-22(29-23-7-5-6-18(2)19(23)3)24(27)25-16-20-8-10-21(11-9-20)17-26-12-14-28-15-13-26/h5-11,22H,4,12-17H2,1-3H3,(H,25,27). The SMILES string of the molecule is CCC(Oc1cccc(C)c1C)C(=O)NCc1ccc(CN2CCOCC2)cc1. The number of nitrogens with one attached hydrogen (secondary N) is 1. The number of benzene rings is 2. The summed E-state index contributed by atoms with van der Waals surface area (Å²) in [5, 5.41) is 3.01. The smallest absolute Gasteiger partial charge is 0.261 e. The van der Waals surface area contributed by atoms with Crippen LogP contribution >= 0.6 is 0 Å². The molecule has 3 rings (SSSR count). The molecule has 1 saturated heterocycles. The summed E-state index contributed by atoms with van der Waals surface area (Å²) in [6, 6.07) is 14.4. The van der Waals surface area contributed by atoms with Gasteiger partial charge in [0, 0.05) is 26.2 Å². The van der Waals surface area contributed by atoms with Gasteiger partial charge in [-0.2, -0.15) is 0 Å². The first-order valence-corrected chi connectivity index (χ1v) is 10.5. The zero-order valence-electron chi connectivity index (χ0n) is 17.7. The molecule has 1 aliphatic heterocycles. The third-order valence-electron chi connectivity index (χ3n) is 5.49. The molecule has 0 saturated carbocycles. The van der Waals surface area contributed by atoms with E-state index in [2.05, 4.69) is 34.5 Å². The summed E-state index contributed by atoms with van der Waals surface area (Å²) in [6.07, 6.45) is 0.133. The van der Waals surface area contributed by atoms with E-state index in [-0.39, 0.29) is 5.91 Å². The van der Waals surface area contributed by atoms with E-state index in [1.165, 1.54) is 5.56 Å². The number of morpholine rings is 1. The highest BCUT2D eigenvalue weighted by molar-refractivity contribution is 5.81. The Morgan fingerprint density at radius 1 is 1.10 bits per heavy atom. The molecule has 1 atom stereocenters. The molecule has 1 amide bonds. The Labute approximate surface area is 174 Å². The number of carbonyl (C=O) groups is 1. The number of hydrogen-bond donors (Lipinski definition) is 1. The average Bonchev–Trinajstić information content (AvgIpc) is 2.75. The minimum atomic E-state index is -0.490. The van der Waals surface area contributed by atoms with E-state index in [9.17, 15) is 4.79 Å². The van der Waals surface area contributed by atoms with Crippen LogP contribution in [0.5, 0.6) is 5.75 Å². The van der Waals surface area contributed by atoms with Crippen molar-refractivity contribution in [1.29, 1.82) is 0 Å². The minimum absolute atomic E-state index is 0.0780. The summed E-state index contributed by atoms with van der Waals surface area (Å²) >= 11 is 0. The van der Waals surface area contributed by atoms with Crippen LogP contribution in [0, 0.1) is 13.8 Å². The summed E-state index contributed by atoms with van der Waals surface area (Å²) in [5.41, 5.74) is 4.61. The van der Waals surface area contributed by atoms with Crippen LogP contribution in [-0.4, -0.2) is 43.2 Å². The Morgan fingerprint density at radius 3 is 2.48 bits per heavy atom. The lowest BCUT2D eigenvalue weighted by Crippen LogP contribution is -2.37. The molecule has 0 spiro atoms. The molecular weight excluding hydrogens is 364 g/mol. The highest BCUT2D eigenvalue weighted by atomic mass is 16.5. The number of ether oxygens (including phenoxy) is 2. The Bertz CT molecular complexity index is 798. The Kier molecular flexibility index (Phi) is 7.67. The second kappa shape index (κ2) is 10.4. The highest BCUT2D eigenvalue weighted by Crippen LogP contribution is 2.22. The minimum Gasteiger partial charge on any atom is -0.480 e. The number of rotatable bonds is 8. The molecule has 2 aromatic carbocycles. The van der Waals surface area contributed by atoms with Crippen LogP contribution in [0.25, 0.3) is 0 Å². The lowest BCUT2D eigenvalue weighted by molar-refractivity contribution is -0.128. The molecule has 0 aliphatic carbocycles. The third-order valence-corrected chi connectivity index (χ3v) is 5.49. The number of amides is 1. The fraction of sp³-hybridized carbons (Fsp3) is 0.458. The lowest BCUT2D eigenvalue weighted by Gasteiger charge is -2.26. The molecule has 2 aromatic rings. The highest BCUT2D eigenvalue weighted by Gasteiger charge is 2.19. The van der Waals surface area contributed by atoms with Crippen LogP contribution in [0.1, 0.15) is 35.6 Å². The molecule has 0 aromatic heterocycles. The van der Waals surface area contributed by atoms with Gasteiger partial charge in [-0.05, 0) is 48.6 Å². The maximum absolute atomic E-state index is 12.6. The van der Waals surface area contributed by atoms with Crippen LogP contribution in [0.3, 0.4) is 0 Å². The first-order chi connectivity index (χ1) is 14.1. The van der Waals surface area contributed by atoms with Crippen LogP contribution in [0.4, 0.5) is 0 Å². The van der Waals surface area contributed by atoms with Crippen LogP contribution in [0.15, 0.2) is 42.5 Å². The van der Waals surface area contributed by atoms with Gasteiger partial charge < -0.3 is 14.8 Å². The van der Waals surface area contributed by atoms with Gasteiger partial charge in [-0.25, -0.2) is 0 Å². The second-order valence-corrected chi connectivity index (χ2v) is 7.64. The molecule has 1 unspecified atom stereocenters. The van der Waals surface area contributed by atoms with Gasteiger partial charge in [0.05, 0.1) is 13.2 Å². The Balaban J connectivity index is 1.51. The van der Waals surface area contributed by atoms with Gasteiger partial charge >= 0.3 is 0 Å². The number of carbonyl (C=O) groups excluding carboxylic acids is 1. The predicted molar refractivity (Wildman–Crippen MR) is 115 cm³/mol. The van der Waals surface area contributed by atoms with Gasteiger partial charge in [0.15, 0.2) is 6.10 Å². The summed E-state index contributed by atoms with van der Waals surface area (Å²) in [4.78, 5) is 15.0. The second-order valence-electron chi connectivity index (χ2n) is 7.64. The van der Waals surface area contributed by atoms with E-state index < -0.39 is 6.10 Å². The third kappa shape index (κ3) is 6.05. The molecule has 1 aliphatic rings. The average molecular weight is 397 g/mol. The van der Waals surface area contributed by atoms with Crippen molar-refractivity contribution in [3.63, 3.8) is 0 Å². The maximum atomic E-state index is 12.6. The molecule has 0 bridgehead atoms. The quantitative estimate of drug-likeness (QED) is 0.741. The van der Waals surface area contributed by atoms with Crippen molar-refractivity contribution in [2.24, 2.45) is 0 Å². The summed E-state index contributed by atoms with van der Waals surface area (Å²) in [6.45, 7) is 11.1. The van der Waals surface area contributed by atoms with Gasteiger partial charge in [0.25, 0.3) is 5.91 Å². The van der Waals surface area contributed by atoms with Gasteiger partial charge in [-0.3, -0.25) is 9.69 Å². The normalized spacial score (nSPS) is 15.7. The summed E-state index contributed by atoms with van der Waals surface area (Å²) < 4.78 is 11.4. The van der Waals surface area contributed by atoms with E-state index in [1.807, 2.05) is 39.0 Å². The largest absolute Gasteiger partial charge is 0.480 e. The van der Waals surface area contributed by atoms with Crippen molar-refractivity contribution in [2.75, 3.05) is 26.3 Å². The van der Waals surface area contributed by atoms with E-state index >= 15 is 0 Å². The molecule has 1 fully saturated rings. The number of hydrogen-bond acceptors (Lipinski definition) is 4. The maximum Gasteiger partial charge on any atom is 0.261 e. The van der Waals surface area contributed by atoms with Crippen LogP contribution < -0.4 is 10.1 Å². The first kappa shape index (κ1) is 21.3. The molecule has 1 N–H and O–H groups in total. The van der Waals surface area contributed by atoms with Crippen molar-refractivity contribution in [2.45, 2.75) is 46.4 Å². The molecule has 5 nitrogen and oxygen atoms in total. The molecule has 0 radical (unpaired) electrons. The van der Waals surface area contributed by atoms with Gasteiger partial charge in [0.2, 0.25) is 0 Å².